The first-order chi connectivity index (χ1) is 10.2. The maximum atomic E-state index is 11.3. The van der Waals surface area contributed by atoms with Gasteiger partial charge in [0.15, 0.2) is 0 Å². The van der Waals surface area contributed by atoms with E-state index in [1.807, 2.05) is 24.3 Å². The van der Waals surface area contributed by atoms with Crippen molar-refractivity contribution in [2.75, 3.05) is 7.05 Å². The molecule has 0 saturated heterocycles. The summed E-state index contributed by atoms with van der Waals surface area (Å²) in [5.41, 5.74) is 7.43. The van der Waals surface area contributed by atoms with Crippen LogP contribution in [0.5, 0.6) is 0 Å². The largest absolute Gasteiger partial charge is 0.298 e. The van der Waals surface area contributed by atoms with Crippen LogP contribution in [0, 0.1) is 0 Å². The van der Waals surface area contributed by atoms with Crippen LogP contribution in [0.4, 0.5) is 0 Å². The van der Waals surface area contributed by atoms with E-state index in [1.165, 1.54) is 0 Å². The smallest absolute Gasteiger partial charge is 0.265 e. The van der Waals surface area contributed by atoms with Gasteiger partial charge < -0.3 is 0 Å². The minimum atomic E-state index is -0.321. The normalized spacial score (nSPS) is 9.29. The summed E-state index contributed by atoms with van der Waals surface area (Å²) in [6.45, 7) is 0. The molecule has 0 radical (unpaired) electrons. The molecule has 2 aromatic carbocycles. The number of rotatable bonds is 3. The minimum Gasteiger partial charge on any atom is -0.298 e. The van der Waals surface area contributed by atoms with Gasteiger partial charge in [-0.3, -0.25) is 26.3 Å². The molecule has 0 heterocycles. The third-order valence-corrected chi connectivity index (χ3v) is 2.66. The van der Waals surface area contributed by atoms with E-state index in [-0.39, 0.29) is 5.91 Å². The Hall–Kier alpha value is -2.54. The van der Waals surface area contributed by atoms with Crippen molar-refractivity contribution < 1.29 is 9.59 Å². The number of hydrazine groups is 2. The number of carbonyl (C=O) groups is 2. The molecule has 0 bridgehead atoms. The highest BCUT2D eigenvalue weighted by Gasteiger charge is 2.03. The van der Waals surface area contributed by atoms with E-state index in [9.17, 15) is 9.59 Å². The van der Waals surface area contributed by atoms with Crippen LogP contribution in [0.3, 0.4) is 0 Å². The molecule has 0 atom stereocenters. The molecule has 0 spiro atoms. The van der Waals surface area contributed by atoms with Gasteiger partial charge in [-0.05, 0) is 30.3 Å². The van der Waals surface area contributed by atoms with E-state index >= 15 is 0 Å². The van der Waals surface area contributed by atoms with Crippen LogP contribution in [0.15, 0.2) is 48.5 Å². The van der Waals surface area contributed by atoms with Gasteiger partial charge in [0, 0.05) is 11.1 Å². The molecule has 0 unspecified atom stereocenters. The number of hydrogen-bond donors (Lipinski definition) is 4. The zero-order valence-electron chi connectivity index (χ0n) is 11.7. The van der Waals surface area contributed by atoms with Crippen LogP contribution in [0.1, 0.15) is 20.7 Å². The lowest BCUT2D eigenvalue weighted by molar-refractivity contribution is 0.0953. The Morgan fingerprint density at radius 1 is 0.952 bits per heavy atom. The van der Waals surface area contributed by atoms with Gasteiger partial charge >= 0.3 is 0 Å². The molecule has 6 heteroatoms. The Morgan fingerprint density at radius 3 is 1.76 bits per heavy atom. The highest BCUT2D eigenvalue weighted by Crippen LogP contribution is 2.20. The van der Waals surface area contributed by atoms with Crippen molar-refractivity contribution in [3.05, 3.63) is 59.7 Å². The van der Waals surface area contributed by atoms with E-state index in [0.717, 1.165) is 17.4 Å². The first-order valence-corrected chi connectivity index (χ1v) is 6.20. The van der Waals surface area contributed by atoms with Gasteiger partial charge in [-0.1, -0.05) is 36.4 Å². The summed E-state index contributed by atoms with van der Waals surface area (Å²) in [6.07, 6.45) is 0.804. The summed E-state index contributed by atoms with van der Waals surface area (Å²) < 4.78 is 0. The van der Waals surface area contributed by atoms with Gasteiger partial charge in [0.2, 0.25) is 0 Å². The maximum Gasteiger partial charge on any atom is 0.265 e. The predicted molar refractivity (Wildman–Crippen MR) is 82.2 cm³/mol. The van der Waals surface area contributed by atoms with Crippen LogP contribution >= 0.6 is 0 Å². The first kappa shape index (κ1) is 16.5. The number of nitrogens with one attached hydrogen (secondary N) is 2. The summed E-state index contributed by atoms with van der Waals surface area (Å²) in [5, 5.41) is 0. The van der Waals surface area contributed by atoms with Gasteiger partial charge in [-0.15, -0.1) is 0 Å². The highest BCUT2D eigenvalue weighted by atomic mass is 16.2. The molecule has 1 amide bonds. The van der Waals surface area contributed by atoms with Gasteiger partial charge in [-0.25, -0.2) is 5.84 Å². The number of amides is 1. The fraction of sp³-hybridized carbons (Fsp3) is 0.0667. The molecule has 6 N–H and O–H groups in total. The standard InChI is InChI=1S/C14H12N2O2.CH6N2/c15-16-14(18)13-7-5-12(6-8-13)11-3-1-10(9-17)2-4-11;1-3-2/h1-9H,15H2,(H,16,18);3H,2H2,1H3. The highest BCUT2D eigenvalue weighted by molar-refractivity contribution is 5.94. The molecule has 0 fully saturated rings. The van der Waals surface area contributed by atoms with E-state index in [4.69, 9.17) is 5.84 Å². The summed E-state index contributed by atoms with van der Waals surface area (Å²) >= 11 is 0. The quantitative estimate of drug-likeness (QED) is 0.289. The molecule has 21 heavy (non-hydrogen) atoms. The Bertz CT molecular complexity index is 580. The Morgan fingerprint density at radius 2 is 1.38 bits per heavy atom. The van der Waals surface area contributed by atoms with Crippen molar-refractivity contribution >= 4 is 12.2 Å². The molecule has 6 nitrogen and oxygen atoms in total. The van der Waals surface area contributed by atoms with Crippen LogP contribution in [-0.4, -0.2) is 19.2 Å². The molecule has 0 aromatic heterocycles. The van der Waals surface area contributed by atoms with Crippen molar-refractivity contribution in [1.82, 2.24) is 10.9 Å². The Kier molecular flexibility index (Phi) is 6.76. The Balaban J connectivity index is 0.000000677. The van der Waals surface area contributed by atoms with E-state index in [0.29, 0.717) is 11.1 Å². The second-order valence-corrected chi connectivity index (χ2v) is 4.08. The molecule has 0 aliphatic heterocycles. The van der Waals surface area contributed by atoms with Gasteiger partial charge in [0.25, 0.3) is 5.91 Å². The molecule has 0 aliphatic rings. The summed E-state index contributed by atoms with van der Waals surface area (Å²) in [5.74, 6) is 9.33. The van der Waals surface area contributed by atoms with Crippen molar-refractivity contribution in [3.63, 3.8) is 0 Å². The number of aldehydes is 1. The van der Waals surface area contributed by atoms with Gasteiger partial charge in [0.1, 0.15) is 6.29 Å². The zero-order valence-corrected chi connectivity index (χ0v) is 11.7. The van der Waals surface area contributed by atoms with Crippen molar-refractivity contribution in [2.45, 2.75) is 0 Å². The van der Waals surface area contributed by atoms with Gasteiger partial charge in [-0.2, -0.15) is 0 Å². The van der Waals surface area contributed by atoms with Crippen molar-refractivity contribution in [3.8, 4) is 11.1 Å². The average molecular weight is 286 g/mol. The first-order valence-electron chi connectivity index (χ1n) is 6.20. The van der Waals surface area contributed by atoms with E-state index in [1.54, 1.807) is 31.3 Å². The lowest BCUT2D eigenvalue weighted by atomic mass is 10.0. The number of nitrogen functional groups attached to an aromatic ring is 1. The maximum absolute atomic E-state index is 11.3. The predicted octanol–water partition coefficient (Wildman–Crippen LogP) is 0.849. The van der Waals surface area contributed by atoms with Crippen LogP contribution in [0.2, 0.25) is 0 Å². The van der Waals surface area contributed by atoms with Crippen molar-refractivity contribution in [2.24, 2.45) is 11.7 Å². The minimum absolute atomic E-state index is 0.321. The van der Waals surface area contributed by atoms with E-state index < -0.39 is 0 Å². The molecule has 2 rings (SSSR count). The monoisotopic (exact) mass is 286 g/mol. The number of carbonyl (C=O) groups excluding carboxylic acids is 2. The topological polar surface area (TPSA) is 110 Å². The zero-order chi connectivity index (χ0) is 15.7. The number of nitrogens with two attached hydrogens (primary N) is 2. The third kappa shape index (κ3) is 4.81. The summed E-state index contributed by atoms with van der Waals surface area (Å²) in [6, 6.07) is 14.3. The Labute approximate surface area is 123 Å². The van der Waals surface area contributed by atoms with Crippen LogP contribution in [-0.2, 0) is 0 Å². The van der Waals surface area contributed by atoms with Crippen molar-refractivity contribution in [1.29, 1.82) is 0 Å². The summed E-state index contributed by atoms with van der Waals surface area (Å²) in [7, 11) is 1.65. The second kappa shape index (κ2) is 8.60. The lowest BCUT2D eigenvalue weighted by Crippen LogP contribution is -2.29. The molecule has 2 aromatic rings. The number of benzene rings is 2. The lowest BCUT2D eigenvalue weighted by Gasteiger charge is -2.04. The molecule has 0 aliphatic carbocycles. The second-order valence-electron chi connectivity index (χ2n) is 4.08. The SMILES string of the molecule is CNN.NNC(=O)c1ccc(-c2ccc(C=O)cc2)cc1. The molecule has 0 saturated carbocycles. The van der Waals surface area contributed by atoms with E-state index in [2.05, 4.69) is 16.7 Å². The average Bonchev–Trinajstić information content (AvgIpc) is 2.55. The number of hydrogen-bond acceptors (Lipinski definition) is 5. The fourth-order valence-electron chi connectivity index (χ4n) is 1.65. The van der Waals surface area contributed by atoms with Crippen LogP contribution in [0.25, 0.3) is 11.1 Å². The molecule has 110 valence electrons. The summed E-state index contributed by atoms with van der Waals surface area (Å²) in [4.78, 5) is 21.8. The molecular formula is C15H18N4O2. The molecular weight excluding hydrogens is 268 g/mol. The fourth-order valence-corrected chi connectivity index (χ4v) is 1.65. The van der Waals surface area contributed by atoms with Gasteiger partial charge in [0.05, 0.1) is 0 Å². The van der Waals surface area contributed by atoms with Crippen LogP contribution < -0.4 is 22.5 Å². The third-order valence-electron chi connectivity index (χ3n) is 2.66.